The van der Waals surface area contributed by atoms with Crippen molar-refractivity contribution in [3.8, 4) is 0 Å². The quantitative estimate of drug-likeness (QED) is 0.946. The number of nitrogens with two attached hydrogens (primary N) is 1. The average Bonchev–Trinajstić information content (AvgIpc) is 2.55. The normalized spacial score (nSPS) is 15.3. The smallest absolute Gasteiger partial charge is 0.0443 e. The standard InChI is InChI=1S/C16H19ClN4/c17-14-2-1-3-15(10-14)20-6-8-21(9-7-20)16-4-5-19-12-13(16)11-18/h1-5,10,12H,6-9,11,18H2. The Balaban J connectivity index is 1.70. The van der Waals surface area contributed by atoms with Gasteiger partial charge in [0.15, 0.2) is 0 Å². The molecule has 0 radical (unpaired) electrons. The number of piperazine rings is 1. The van der Waals surface area contributed by atoms with E-state index in [-0.39, 0.29) is 0 Å². The van der Waals surface area contributed by atoms with Gasteiger partial charge in [0.2, 0.25) is 0 Å². The molecule has 1 saturated heterocycles. The third kappa shape index (κ3) is 3.12. The lowest BCUT2D eigenvalue weighted by Gasteiger charge is -2.38. The van der Waals surface area contributed by atoms with Crippen LogP contribution in [0.4, 0.5) is 11.4 Å². The summed E-state index contributed by atoms with van der Waals surface area (Å²) in [6.45, 7) is 4.43. The van der Waals surface area contributed by atoms with E-state index >= 15 is 0 Å². The zero-order valence-corrected chi connectivity index (χ0v) is 12.6. The fraction of sp³-hybridized carbons (Fsp3) is 0.312. The molecule has 0 bridgehead atoms. The third-order valence-electron chi connectivity index (χ3n) is 3.89. The summed E-state index contributed by atoms with van der Waals surface area (Å²) >= 11 is 6.07. The summed E-state index contributed by atoms with van der Waals surface area (Å²) in [6, 6.07) is 10.1. The molecule has 0 aliphatic carbocycles. The first kappa shape index (κ1) is 14.2. The Hall–Kier alpha value is -1.78. The molecule has 1 aliphatic rings. The maximum atomic E-state index is 6.07. The molecule has 0 spiro atoms. The van der Waals surface area contributed by atoms with Gasteiger partial charge in [0, 0.05) is 67.1 Å². The highest BCUT2D eigenvalue weighted by molar-refractivity contribution is 6.30. The lowest BCUT2D eigenvalue weighted by atomic mass is 10.1. The summed E-state index contributed by atoms with van der Waals surface area (Å²) < 4.78 is 0. The van der Waals surface area contributed by atoms with Crippen LogP contribution in [0.2, 0.25) is 5.02 Å². The molecular formula is C16H19ClN4. The maximum Gasteiger partial charge on any atom is 0.0443 e. The predicted molar refractivity (Wildman–Crippen MR) is 88.0 cm³/mol. The molecule has 5 heteroatoms. The largest absolute Gasteiger partial charge is 0.368 e. The zero-order chi connectivity index (χ0) is 14.7. The third-order valence-corrected chi connectivity index (χ3v) is 4.13. The number of pyridine rings is 1. The minimum Gasteiger partial charge on any atom is -0.368 e. The lowest BCUT2D eigenvalue weighted by Crippen LogP contribution is -2.46. The summed E-state index contributed by atoms with van der Waals surface area (Å²) in [6.07, 6.45) is 3.69. The van der Waals surface area contributed by atoms with E-state index in [0.29, 0.717) is 6.54 Å². The number of aromatic nitrogens is 1. The Morgan fingerprint density at radius 3 is 2.57 bits per heavy atom. The molecule has 1 aromatic heterocycles. The lowest BCUT2D eigenvalue weighted by molar-refractivity contribution is 0.651. The minimum absolute atomic E-state index is 0.525. The number of halogens is 1. The molecule has 3 rings (SSSR count). The van der Waals surface area contributed by atoms with Crippen LogP contribution in [-0.4, -0.2) is 31.2 Å². The number of hydrogen-bond acceptors (Lipinski definition) is 4. The summed E-state index contributed by atoms with van der Waals surface area (Å²) in [5.74, 6) is 0. The fourth-order valence-electron chi connectivity index (χ4n) is 2.76. The predicted octanol–water partition coefficient (Wildman–Crippen LogP) is 2.52. The van der Waals surface area contributed by atoms with E-state index < -0.39 is 0 Å². The highest BCUT2D eigenvalue weighted by Crippen LogP contribution is 2.24. The first-order chi connectivity index (χ1) is 10.3. The number of hydrogen-bond donors (Lipinski definition) is 1. The van der Waals surface area contributed by atoms with E-state index in [0.717, 1.165) is 36.8 Å². The van der Waals surface area contributed by atoms with Gasteiger partial charge in [-0.15, -0.1) is 0 Å². The summed E-state index contributed by atoms with van der Waals surface area (Å²) in [5.41, 5.74) is 9.30. The molecule has 2 aromatic rings. The second-order valence-corrected chi connectivity index (χ2v) is 5.60. The van der Waals surface area contributed by atoms with E-state index in [1.165, 1.54) is 11.4 Å². The molecule has 0 saturated carbocycles. The van der Waals surface area contributed by atoms with Crippen LogP contribution in [0.25, 0.3) is 0 Å². The number of nitrogens with zero attached hydrogens (tertiary/aromatic N) is 3. The van der Waals surface area contributed by atoms with Gasteiger partial charge in [-0.2, -0.15) is 0 Å². The molecule has 0 atom stereocenters. The molecule has 110 valence electrons. The van der Waals surface area contributed by atoms with Gasteiger partial charge in [0.25, 0.3) is 0 Å². The Bertz CT molecular complexity index is 609. The van der Waals surface area contributed by atoms with E-state index in [2.05, 4.69) is 26.9 Å². The monoisotopic (exact) mass is 302 g/mol. The number of anilines is 2. The Morgan fingerprint density at radius 1 is 1.10 bits per heavy atom. The van der Waals surface area contributed by atoms with E-state index in [1.807, 2.05) is 30.6 Å². The zero-order valence-electron chi connectivity index (χ0n) is 11.9. The molecule has 2 heterocycles. The van der Waals surface area contributed by atoms with Crippen molar-refractivity contribution < 1.29 is 0 Å². The maximum absolute atomic E-state index is 6.07. The van der Waals surface area contributed by atoms with Gasteiger partial charge in [-0.3, -0.25) is 4.98 Å². The van der Waals surface area contributed by atoms with Crippen molar-refractivity contribution in [2.24, 2.45) is 5.73 Å². The van der Waals surface area contributed by atoms with Gasteiger partial charge in [-0.05, 0) is 24.3 Å². The van der Waals surface area contributed by atoms with Crippen molar-refractivity contribution in [3.05, 3.63) is 53.3 Å². The molecule has 21 heavy (non-hydrogen) atoms. The SMILES string of the molecule is NCc1cnccc1N1CCN(c2cccc(Cl)c2)CC1. The van der Waals surface area contributed by atoms with Crippen LogP contribution in [0.5, 0.6) is 0 Å². The van der Waals surface area contributed by atoms with Gasteiger partial charge in [-0.1, -0.05) is 17.7 Å². The van der Waals surface area contributed by atoms with E-state index in [9.17, 15) is 0 Å². The summed E-state index contributed by atoms with van der Waals surface area (Å²) in [4.78, 5) is 8.90. The first-order valence-corrected chi connectivity index (χ1v) is 7.54. The van der Waals surface area contributed by atoms with Gasteiger partial charge in [0.05, 0.1) is 0 Å². The van der Waals surface area contributed by atoms with Crippen molar-refractivity contribution >= 4 is 23.0 Å². The van der Waals surface area contributed by atoms with Crippen molar-refractivity contribution in [3.63, 3.8) is 0 Å². The van der Waals surface area contributed by atoms with Gasteiger partial charge in [0.1, 0.15) is 0 Å². The van der Waals surface area contributed by atoms with Gasteiger partial charge >= 0.3 is 0 Å². The van der Waals surface area contributed by atoms with Crippen LogP contribution in [0, 0.1) is 0 Å². The highest BCUT2D eigenvalue weighted by atomic mass is 35.5. The Kier molecular flexibility index (Phi) is 4.27. The minimum atomic E-state index is 0.525. The summed E-state index contributed by atoms with van der Waals surface area (Å²) in [7, 11) is 0. The van der Waals surface area contributed by atoms with Crippen molar-refractivity contribution in [1.82, 2.24) is 4.98 Å². The molecule has 2 N–H and O–H groups in total. The van der Waals surface area contributed by atoms with Crippen LogP contribution in [0.15, 0.2) is 42.7 Å². The summed E-state index contributed by atoms with van der Waals surface area (Å²) in [5, 5.41) is 0.787. The van der Waals surface area contributed by atoms with Crippen molar-refractivity contribution in [1.29, 1.82) is 0 Å². The van der Waals surface area contributed by atoms with Gasteiger partial charge < -0.3 is 15.5 Å². The van der Waals surface area contributed by atoms with Crippen molar-refractivity contribution in [2.45, 2.75) is 6.54 Å². The van der Waals surface area contributed by atoms with Crippen LogP contribution >= 0.6 is 11.6 Å². The number of rotatable bonds is 3. The molecular weight excluding hydrogens is 284 g/mol. The van der Waals surface area contributed by atoms with E-state index in [4.69, 9.17) is 17.3 Å². The van der Waals surface area contributed by atoms with Crippen LogP contribution in [0.1, 0.15) is 5.56 Å². The van der Waals surface area contributed by atoms with Crippen molar-refractivity contribution in [2.75, 3.05) is 36.0 Å². The second-order valence-electron chi connectivity index (χ2n) is 5.16. The molecule has 1 aliphatic heterocycles. The molecule has 0 unspecified atom stereocenters. The Labute approximate surface area is 130 Å². The topological polar surface area (TPSA) is 45.4 Å². The van der Waals surface area contributed by atoms with Gasteiger partial charge in [-0.25, -0.2) is 0 Å². The molecule has 0 amide bonds. The van der Waals surface area contributed by atoms with Crippen LogP contribution < -0.4 is 15.5 Å². The average molecular weight is 303 g/mol. The molecule has 4 nitrogen and oxygen atoms in total. The number of benzene rings is 1. The van der Waals surface area contributed by atoms with Crippen LogP contribution in [-0.2, 0) is 6.54 Å². The fourth-order valence-corrected chi connectivity index (χ4v) is 2.95. The van der Waals surface area contributed by atoms with Crippen LogP contribution in [0.3, 0.4) is 0 Å². The highest BCUT2D eigenvalue weighted by Gasteiger charge is 2.19. The molecule has 1 fully saturated rings. The molecule has 1 aromatic carbocycles. The van der Waals surface area contributed by atoms with E-state index in [1.54, 1.807) is 0 Å². The second kappa shape index (κ2) is 6.33. The Morgan fingerprint density at radius 2 is 1.86 bits per heavy atom. The first-order valence-electron chi connectivity index (χ1n) is 7.16.